The Kier molecular flexibility index (Phi) is 4.19. The van der Waals surface area contributed by atoms with E-state index in [4.69, 9.17) is 5.73 Å². The van der Waals surface area contributed by atoms with E-state index in [1.807, 2.05) is 7.05 Å². The standard InChI is InChI=1S/C12H21N5O/c1-15(8-9-16-5-2-3-6-16)12(18)10-17-7-4-11(13)14-17/h4,7H,2-3,5-6,8-10H2,1H3,(H2,13,14). The van der Waals surface area contributed by atoms with E-state index in [-0.39, 0.29) is 12.5 Å². The van der Waals surface area contributed by atoms with E-state index in [1.165, 1.54) is 12.8 Å². The third-order valence-electron chi connectivity index (χ3n) is 3.33. The average molecular weight is 251 g/mol. The molecule has 1 saturated heterocycles. The molecule has 1 fully saturated rings. The SMILES string of the molecule is CN(CCN1CCCC1)C(=O)Cn1ccc(N)n1. The van der Waals surface area contributed by atoms with Gasteiger partial charge in [-0.3, -0.25) is 9.48 Å². The number of hydrogen-bond acceptors (Lipinski definition) is 4. The van der Waals surface area contributed by atoms with E-state index in [1.54, 1.807) is 21.8 Å². The third kappa shape index (κ3) is 3.46. The molecule has 6 heteroatoms. The zero-order chi connectivity index (χ0) is 13.0. The molecule has 100 valence electrons. The zero-order valence-electron chi connectivity index (χ0n) is 10.9. The number of carbonyl (C=O) groups excluding carboxylic acids is 1. The van der Waals surface area contributed by atoms with Crippen LogP contribution in [-0.2, 0) is 11.3 Å². The first-order chi connectivity index (χ1) is 8.65. The second-order valence-electron chi connectivity index (χ2n) is 4.80. The number of rotatable bonds is 5. The molecule has 0 radical (unpaired) electrons. The van der Waals surface area contributed by atoms with Crippen molar-refractivity contribution in [3.8, 4) is 0 Å². The zero-order valence-corrected chi connectivity index (χ0v) is 10.9. The molecule has 1 amide bonds. The van der Waals surface area contributed by atoms with Gasteiger partial charge in [0.05, 0.1) is 0 Å². The van der Waals surface area contributed by atoms with Gasteiger partial charge in [0.2, 0.25) is 5.91 Å². The predicted molar refractivity (Wildman–Crippen MR) is 70.0 cm³/mol. The summed E-state index contributed by atoms with van der Waals surface area (Å²) < 4.78 is 1.57. The summed E-state index contributed by atoms with van der Waals surface area (Å²) in [4.78, 5) is 16.1. The molecule has 1 aromatic heterocycles. The smallest absolute Gasteiger partial charge is 0.244 e. The largest absolute Gasteiger partial charge is 0.382 e. The second kappa shape index (κ2) is 5.86. The summed E-state index contributed by atoms with van der Waals surface area (Å²) in [5.74, 6) is 0.514. The summed E-state index contributed by atoms with van der Waals surface area (Å²) in [6.45, 7) is 4.32. The van der Waals surface area contributed by atoms with Crippen LogP contribution in [0.2, 0.25) is 0 Å². The molecule has 2 heterocycles. The van der Waals surface area contributed by atoms with Gasteiger partial charge in [-0.25, -0.2) is 0 Å². The molecule has 1 aromatic rings. The molecule has 0 saturated carbocycles. The lowest BCUT2D eigenvalue weighted by Gasteiger charge is -2.21. The molecule has 0 aromatic carbocycles. The van der Waals surface area contributed by atoms with Crippen molar-refractivity contribution < 1.29 is 4.79 Å². The first-order valence-corrected chi connectivity index (χ1v) is 6.40. The van der Waals surface area contributed by atoms with E-state index in [2.05, 4.69) is 10.00 Å². The number of hydrogen-bond donors (Lipinski definition) is 1. The maximum atomic E-state index is 11.9. The summed E-state index contributed by atoms with van der Waals surface area (Å²) in [5.41, 5.74) is 5.51. The van der Waals surface area contributed by atoms with Gasteiger partial charge in [-0.1, -0.05) is 0 Å². The van der Waals surface area contributed by atoms with Crippen LogP contribution in [0.5, 0.6) is 0 Å². The minimum Gasteiger partial charge on any atom is -0.382 e. The van der Waals surface area contributed by atoms with Gasteiger partial charge in [0, 0.05) is 26.3 Å². The number of carbonyl (C=O) groups is 1. The number of amides is 1. The number of anilines is 1. The summed E-state index contributed by atoms with van der Waals surface area (Å²) in [6.07, 6.45) is 4.29. The van der Waals surface area contributed by atoms with Crippen molar-refractivity contribution in [1.29, 1.82) is 0 Å². The fourth-order valence-corrected chi connectivity index (χ4v) is 2.15. The van der Waals surface area contributed by atoms with Gasteiger partial charge in [0.25, 0.3) is 0 Å². The van der Waals surface area contributed by atoms with Crippen LogP contribution in [0.3, 0.4) is 0 Å². The molecule has 0 bridgehead atoms. The summed E-state index contributed by atoms with van der Waals surface area (Å²) in [6, 6.07) is 1.69. The number of likely N-dealkylation sites (tertiary alicyclic amines) is 1. The molecule has 6 nitrogen and oxygen atoms in total. The molecule has 1 aliphatic rings. The Labute approximate surface area is 107 Å². The summed E-state index contributed by atoms with van der Waals surface area (Å²) in [5, 5.41) is 4.01. The molecular weight excluding hydrogens is 230 g/mol. The van der Waals surface area contributed by atoms with Crippen LogP contribution in [0, 0.1) is 0 Å². The summed E-state index contributed by atoms with van der Waals surface area (Å²) in [7, 11) is 1.84. The van der Waals surface area contributed by atoms with E-state index in [0.717, 1.165) is 26.2 Å². The Balaban J connectivity index is 1.74. The minimum atomic E-state index is 0.0669. The molecule has 0 spiro atoms. The summed E-state index contributed by atoms with van der Waals surface area (Å²) >= 11 is 0. The number of likely N-dealkylation sites (N-methyl/N-ethyl adjacent to an activating group) is 1. The monoisotopic (exact) mass is 251 g/mol. The van der Waals surface area contributed by atoms with Crippen molar-refractivity contribution in [3.05, 3.63) is 12.3 Å². The van der Waals surface area contributed by atoms with E-state index < -0.39 is 0 Å². The second-order valence-corrected chi connectivity index (χ2v) is 4.80. The molecule has 0 atom stereocenters. The lowest BCUT2D eigenvalue weighted by Crippen LogP contribution is -2.37. The normalized spacial score (nSPS) is 16.1. The molecule has 2 N–H and O–H groups in total. The van der Waals surface area contributed by atoms with Gasteiger partial charge in [0.15, 0.2) is 0 Å². The van der Waals surface area contributed by atoms with Crippen LogP contribution >= 0.6 is 0 Å². The van der Waals surface area contributed by atoms with Crippen LogP contribution in [0.25, 0.3) is 0 Å². The maximum absolute atomic E-state index is 11.9. The van der Waals surface area contributed by atoms with Crippen molar-refractivity contribution in [2.75, 3.05) is 39.0 Å². The van der Waals surface area contributed by atoms with Gasteiger partial charge in [-0.05, 0) is 32.0 Å². The van der Waals surface area contributed by atoms with Gasteiger partial charge < -0.3 is 15.5 Å². The Morgan fingerprint density at radius 3 is 2.83 bits per heavy atom. The van der Waals surface area contributed by atoms with Crippen molar-refractivity contribution in [3.63, 3.8) is 0 Å². The Morgan fingerprint density at radius 1 is 1.50 bits per heavy atom. The van der Waals surface area contributed by atoms with Gasteiger partial charge >= 0.3 is 0 Å². The van der Waals surface area contributed by atoms with Crippen molar-refractivity contribution in [2.45, 2.75) is 19.4 Å². The molecule has 2 rings (SSSR count). The number of nitrogen functional groups attached to an aromatic ring is 1. The highest BCUT2D eigenvalue weighted by atomic mass is 16.2. The lowest BCUT2D eigenvalue weighted by atomic mass is 10.4. The fourth-order valence-electron chi connectivity index (χ4n) is 2.15. The van der Waals surface area contributed by atoms with Gasteiger partial charge in [0.1, 0.15) is 12.4 Å². The van der Waals surface area contributed by atoms with Gasteiger partial charge in [-0.15, -0.1) is 0 Å². The average Bonchev–Trinajstić information content (AvgIpc) is 2.97. The number of aromatic nitrogens is 2. The van der Waals surface area contributed by atoms with Crippen LogP contribution in [0.15, 0.2) is 12.3 Å². The molecule has 0 aliphatic carbocycles. The first-order valence-electron chi connectivity index (χ1n) is 6.40. The van der Waals surface area contributed by atoms with Gasteiger partial charge in [-0.2, -0.15) is 5.10 Å². The topological polar surface area (TPSA) is 67.4 Å². The van der Waals surface area contributed by atoms with Crippen LogP contribution < -0.4 is 5.73 Å². The Morgan fingerprint density at radius 2 is 2.22 bits per heavy atom. The molecular formula is C12H21N5O. The van der Waals surface area contributed by atoms with Crippen molar-refractivity contribution in [2.24, 2.45) is 0 Å². The predicted octanol–water partition coefficient (Wildman–Crippen LogP) is 0.0195. The fraction of sp³-hybridized carbons (Fsp3) is 0.667. The highest BCUT2D eigenvalue weighted by molar-refractivity contribution is 5.75. The van der Waals surface area contributed by atoms with E-state index in [0.29, 0.717) is 5.82 Å². The van der Waals surface area contributed by atoms with Crippen molar-refractivity contribution in [1.82, 2.24) is 19.6 Å². The highest BCUT2D eigenvalue weighted by Crippen LogP contribution is 2.06. The van der Waals surface area contributed by atoms with E-state index in [9.17, 15) is 4.79 Å². The highest BCUT2D eigenvalue weighted by Gasteiger charge is 2.14. The third-order valence-corrected chi connectivity index (χ3v) is 3.33. The van der Waals surface area contributed by atoms with E-state index >= 15 is 0 Å². The van der Waals surface area contributed by atoms with Crippen LogP contribution in [-0.4, -0.2) is 58.7 Å². The maximum Gasteiger partial charge on any atom is 0.244 e. The van der Waals surface area contributed by atoms with Crippen LogP contribution in [0.1, 0.15) is 12.8 Å². The van der Waals surface area contributed by atoms with Crippen molar-refractivity contribution >= 4 is 11.7 Å². The Bertz CT molecular complexity index is 397. The Hall–Kier alpha value is -1.56. The molecule has 1 aliphatic heterocycles. The van der Waals surface area contributed by atoms with Crippen LogP contribution in [0.4, 0.5) is 5.82 Å². The number of nitrogens with zero attached hydrogens (tertiary/aromatic N) is 4. The lowest BCUT2D eigenvalue weighted by molar-refractivity contribution is -0.130. The number of nitrogens with two attached hydrogens (primary N) is 1. The molecule has 18 heavy (non-hydrogen) atoms. The quantitative estimate of drug-likeness (QED) is 0.801. The first kappa shape index (κ1) is 12.9. The minimum absolute atomic E-state index is 0.0669. The molecule has 0 unspecified atom stereocenters.